The summed E-state index contributed by atoms with van der Waals surface area (Å²) in [7, 11) is 0. The number of anilines is 1. The molecule has 0 saturated heterocycles. The van der Waals surface area contributed by atoms with Crippen LogP contribution in [0.2, 0.25) is 0 Å². The first kappa shape index (κ1) is 7.12. The van der Waals surface area contributed by atoms with Crippen LogP contribution in [0.4, 0.5) is 5.69 Å². The first-order valence-corrected chi connectivity index (χ1v) is 5.17. The Hall–Kier alpha value is -0.320. The van der Waals surface area contributed by atoms with Gasteiger partial charge < -0.3 is 3.11 Å². The van der Waals surface area contributed by atoms with E-state index in [0.717, 1.165) is 0 Å². The van der Waals surface area contributed by atoms with Crippen molar-refractivity contribution in [3.63, 3.8) is 0 Å². The van der Waals surface area contributed by atoms with Crippen LogP contribution in [0, 0.1) is 0 Å². The Labute approximate surface area is 85.5 Å². The Kier molecular flexibility index (Phi) is 1.26. The quantitative estimate of drug-likeness (QED) is 0.532. The van der Waals surface area contributed by atoms with Gasteiger partial charge in [-0.15, -0.1) is 0 Å². The molecule has 0 aromatic carbocycles. The third-order valence-corrected chi connectivity index (χ3v) is 3.71. The lowest BCUT2D eigenvalue weighted by molar-refractivity contribution is 0.739. The van der Waals surface area contributed by atoms with Gasteiger partial charge >= 0.3 is 0 Å². The maximum absolute atomic E-state index is 4.48. The molecule has 1 saturated carbocycles. The third kappa shape index (κ3) is 0.775. The molecule has 1 fully saturated rings. The van der Waals surface area contributed by atoms with Crippen LogP contribution in [-0.4, -0.2) is 11.5 Å². The molecule has 12 heavy (non-hydrogen) atoms. The van der Waals surface area contributed by atoms with E-state index in [-0.39, 0.29) is 0 Å². The van der Waals surface area contributed by atoms with Crippen molar-refractivity contribution in [1.82, 2.24) is 4.98 Å². The van der Waals surface area contributed by atoms with E-state index in [4.69, 9.17) is 0 Å². The van der Waals surface area contributed by atoms with Gasteiger partial charge in [-0.1, -0.05) is 0 Å². The first-order chi connectivity index (χ1) is 5.82. The SMILES string of the molecule is IN1CC2(CC2)c2ncccc21. The average Bonchev–Trinajstić information content (AvgIpc) is 2.79. The molecule has 0 bridgehead atoms. The predicted octanol–water partition coefficient (Wildman–Crippen LogP) is 2.28. The minimum Gasteiger partial charge on any atom is -0.312 e. The van der Waals surface area contributed by atoms with E-state index in [1.54, 1.807) is 0 Å². The van der Waals surface area contributed by atoms with E-state index < -0.39 is 0 Å². The molecule has 0 radical (unpaired) electrons. The fourth-order valence-corrected chi connectivity index (χ4v) is 3.02. The van der Waals surface area contributed by atoms with Crippen LogP contribution >= 0.6 is 22.9 Å². The molecule has 2 aliphatic rings. The summed E-state index contributed by atoms with van der Waals surface area (Å²) in [6.07, 6.45) is 4.57. The van der Waals surface area contributed by atoms with Gasteiger partial charge in [-0.2, -0.15) is 0 Å². The van der Waals surface area contributed by atoms with Crippen molar-refractivity contribution < 1.29 is 0 Å². The Balaban J connectivity index is 2.21. The van der Waals surface area contributed by atoms with Crippen LogP contribution in [0.1, 0.15) is 18.5 Å². The van der Waals surface area contributed by atoms with Crippen LogP contribution in [0.25, 0.3) is 0 Å². The van der Waals surface area contributed by atoms with Crippen LogP contribution in [-0.2, 0) is 5.41 Å². The van der Waals surface area contributed by atoms with Crippen molar-refractivity contribution in [1.29, 1.82) is 0 Å². The van der Waals surface area contributed by atoms with Crippen molar-refractivity contribution in [2.45, 2.75) is 18.3 Å². The molecule has 1 spiro atoms. The van der Waals surface area contributed by atoms with Gasteiger partial charge in [0.15, 0.2) is 0 Å². The number of hydrogen-bond donors (Lipinski definition) is 0. The van der Waals surface area contributed by atoms with Crippen LogP contribution in [0.3, 0.4) is 0 Å². The highest BCUT2D eigenvalue weighted by Crippen LogP contribution is 2.56. The molecular formula is C9H9IN2. The Morgan fingerprint density at radius 3 is 3.08 bits per heavy atom. The van der Waals surface area contributed by atoms with Gasteiger partial charge in [0.25, 0.3) is 0 Å². The highest BCUT2D eigenvalue weighted by molar-refractivity contribution is 14.1. The molecular weight excluding hydrogens is 263 g/mol. The van der Waals surface area contributed by atoms with Crippen molar-refractivity contribution in [3.8, 4) is 0 Å². The van der Waals surface area contributed by atoms with Gasteiger partial charge in [0, 0.05) is 18.2 Å². The summed E-state index contributed by atoms with van der Waals surface area (Å²) >= 11 is 2.38. The standard InChI is InChI=1S/C9H9IN2/c10-12-6-9(3-4-9)8-7(12)2-1-5-11-8/h1-2,5H,3-4,6H2. The molecule has 0 atom stereocenters. The summed E-state index contributed by atoms with van der Waals surface area (Å²) in [5.41, 5.74) is 3.12. The number of hydrogen-bond acceptors (Lipinski definition) is 2. The topological polar surface area (TPSA) is 16.1 Å². The first-order valence-electron chi connectivity index (χ1n) is 4.21. The maximum atomic E-state index is 4.48. The lowest BCUT2D eigenvalue weighted by atomic mass is 10.1. The summed E-state index contributed by atoms with van der Waals surface area (Å²) < 4.78 is 2.30. The lowest BCUT2D eigenvalue weighted by Crippen LogP contribution is -2.13. The van der Waals surface area contributed by atoms with E-state index in [9.17, 15) is 0 Å². The number of halogens is 1. The third-order valence-electron chi connectivity index (χ3n) is 2.85. The van der Waals surface area contributed by atoms with Gasteiger partial charge in [-0.05, 0) is 25.0 Å². The molecule has 1 aromatic rings. The summed E-state index contributed by atoms with van der Waals surface area (Å²) in [5, 5.41) is 0. The van der Waals surface area contributed by atoms with E-state index >= 15 is 0 Å². The fraction of sp³-hybridized carbons (Fsp3) is 0.444. The van der Waals surface area contributed by atoms with Crippen molar-refractivity contribution >= 4 is 28.6 Å². The van der Waals surface area contributed by atoms with Gasteiger partial charge in [0.1, 0.15) is 0 Å². The number of pyridine rings is 1. The van der Waals surface area contributed by atoms with Gasteiger partial charge in [0.2, 0.25) is 0 Å². The second-order valence-electron chi connectivity index (χ2n) is 3.67. The predicted molar refractivity (Wildman–Crippen MR) is 56.5 cm³/mol. The zero-order chi connectivity index (χ0) is 8.18. The molecule has 0 unspecified atom stereocenters. The highest BCUT2D eigenvalue weighted by Gasteiger charge is 2.52. The van der Waals surface area contributed by atoms with Gasteiger partial charge in [-0.3, -0.25) is 4.98 Å². The number of nitrogens with zero attached hydrogens (tertiary/aromatic N) is 2. The molecule has 1 aromatic heterocycles. The van der Waals surface area contributed by atoms with E-state index in [0.29, 0.717) is 5.41 Å². The summed E-state index contributed by atoms with van der Waals surface area (Å²) in [6, 6.07) is 4.19. The normalized spacial score (nSPS) is 22.9. The van der Waals surface area contributed by atoms with Crippen LogP contribution in [0.5, 0.6) is 0 Å². The Bertz CT molecular complexity index is 333. The zero-order valence-corrected chi connectivity index (χ0v) is 8.78. The average molecular weight is 272 g/mol. The molecule has 3 heteroatoms. The second kappa shape index (κ2) is 2.13. The van der Waals surface area contributed by atoms with E-state index in [2.05, 4.69) is 37.0 Å². The van der Waals surface area contributed by atoms with Crippen molar-refractivity contribution in [2.24, 2.45) is 0 Å². The number of fused-ring (bicyclic) bond motifs is 2. The molecule has 3 rings (SSSR count). The van der Waals surface area contributed by atoms with Crippen molar-refractivity contribution in [2.75, 3.05) is 9.66 Å². The summed E-state index contributed by atoms with van der Waals surface area (Å²) in [4.78, 5) is 4.48. The van der Waals surface area contributed by atoms with E-state index in [1.807, 2.05) is 12.3 Å². The monoisotopic (exact) mass is 272 g/mol. The number of rotatable bonds is 0. The molecule has 1 aliphatic heterocycles. The molecule has 0 N–H and O–H groups in total. The Morgan fingerprint density at radius 2 is 2.33 bits per heavy atom. The lowest BCUT2D eigenvalue weighted by Gasteiger charge is -2.07. The van der Waals surface area contributed by atoms with Crippen LogP contribution < -0.4 is 3.11 Å². The highest BCUT2D eigenvalue weighted by atomic mass is 127. The molecule has 62 valence electrons. The zero-order valence-electron chi connectivity index (χ0n) is 6.63. The minimum atomic E-state index is 0.456. The molecule has 0 amide bonds. The molecule has 2 heterocycles. The second-order valence-corrected chi connectivity index (χ2v) is 4.84. The molecule has 1 aliphatic carbocycles. The summed E-state index contributed by atoms with van der Waals surface area (Å²) in [6.45, 7) is 1.17. The number of aromatic nitrogens is 1. The van der Waals surface area contributed by atoms with Gasteiger partial charge in [0.05, 0.1) is 34.2 Å². The Morgan fingerprint density at radius 1 is 1.50 bits per heavy atom. The fourth-order valence-electron chi connectivity index (χ4n) is 1.97. The van der Waals surface area contributed by atoms with Gasteiger partial charge in [-0.25, -0.2) is 0 Å². The maximum Gasteiger partial charge on any atom is 0.0723 e. The van der Waals surface area contributed by atoms with E-state index in [1.165, 1.54) is 30.8 Å². The smallest absolute Gasteiger partial charge is 0.0723 e. The molecule has 2 nitrogen and oxygen atoms in total. The largest absolute Gasteiger partial charge is 0.312 e. The summed E-state index contributed by atoms with van der Waals surface area (Å²) in [5.74, 6) is 0. The minimum absolute atomic E-state index is 0.456. The van der Waals surface area contributed by atoms with Crippen molar-refractivity contribution in [3.05, 3.63) is 24.0 Å². The van der Waals surface area contributed by atoms with Crippen LogP contribution in [0.15, 0.2) is 18.3 Å².